The molecular formula is C31H36F2N4O5. The molecular weight excluding hydrogens is 546 g/mol. The van der Waals surface area contributed by atoms with E-state index in [4.69, 9.17) is 14.2 Å². The molecule has 2 aliphatic rings. The Kier molecular flexibility index (Phi) is 10.1. The van der Waals surface area contributed by atoms with E-state index in [0.29, 0.717) is 69.0 Å². The van der Waals surface area contributed by atoms with Crippen molar-refractivity contribution in [3.05, 3.63) is 71.4 Å². The highest BCUT2D eigenvalue weighted by molar-refractivity contribution is 5.78. The second-order valence-electron chi connectivity index (χ2n) is 10.5. The molecule has 0 radical (unpaired) electrons. The van der Waals surface area contributed by atoms with Gasteiger partial charge < -0.3 is 29.5 Å². The number of aromatic nitrogens is 2. The number of hydrogen-bond acceptors (Lipinski definition) is 8. The second-order valence-corrected chi connectivity index (χ2v) is 10.5. The summed E-state index contributed by atoms with van der Waals surface area (Å²) >= 11 is 0. The van der Waals surface area contributed by atoms with Gasteiger partial charge in [0.1, 0.15) is 11.6 Å². The van der Waals surface area contributed by atoms with Crippen molar-refractivity contribution in [1.82, 2.24) is 20.2 Å². The first-order valence-corrected chi connectivity index (χ1v) is 14.2. The van der Waals surface area contributed by atoms with Crippen molar-refractivity contribution in [2.45, 2.75) is 50.0 Å². The van der Waals surface area contributed by atoms with Crippen LogP contribution in [0.3, 0.4) is 0 Å². The van der Waals surface area contributed by atoms with E-state index in [1.807, 2.05) is 12.1 Å². The standard InChI is InChI=1S/C31H36F2N4O5/c1-40-29-9-7-25-31(36-29)21(10-12-35-25)18-26(38)27-8-6-24(28(42-27)19-30(39)37-13-15-41-16-14-37)34-11-2-3-20-17-22(32)4-5-23(20)33/h2-5,7,9-10,12,17,24,26-28,34,38H,6,8,11,13-16,18-19H2,1H3/t24-,26+,27+,28-/m1/s1. The molecule has 2 fully saturated rings. The van der Waals surface area contributed by atoms with Crippen molar-refractivity contribution in [2.75, 3.05) is 40.0 Å². The molecule has 3 aromatic rings. The zero-order valence-electron chi connectivity index (χ0n) is 23.5. The summed E-state index contributed by atoms with van der Waals surface area (Å²) in [7, 11) is 1.55. The van der Waals surface area contributed by atoms with Crippen LogP contribution in [0.1, 0.15) is 30.4 Å². The molecule has 0 spiro atoms. The van der Waals surface area contributed by atoms with Gasteiger partial charge in [-0.25, -0.2) is 13.8 Å². The number of fused-ring (bicyclic) bond motifs is 1. The average molecular weight is 583 g/mol. The van der Waals surface area contributed by atoms with Crippen LogP contribution in [-0.4, -0.2) is 90.2 Å². The maximum atomic E-state index is 14.0. The average Bonchev–Trinajstić information content (AvgIpc) is 3.01. The molecule has 5 rings (SSSR count). The van der Waals surface area contributed by atoms with Gasteiger partial charge in [-0.15, -0.1) is 0 Å². The van der Waals surface area contributed by atoms with Gasteiger partial charge in [0.05, 0.1) is 56.1 Å². The molecule has 2 aromatic heterocycles. The van der Waals surface area contributed by atoms with Crippen LogP contribution in [-0.2, 0) is 20.7 Å². The summed E-state index contributed by atoms with van der Waals surface area (Å²) in [6, 6.07) is 8.55. The van der Waals surface area contributed by atoms with Crippen LogP contribution >= 0.6 is 0 Å². The summed E-state index contributed by atoms with van der Waals surface area (Å²) in [6.07, 6.45) is 4.81. The van der Waals surface area contributed by atoms with Gasteiger partial charge in [-0.2, -0.15) is 0 Å². The van der Waals surface area contributed by atoms with Gasteiger partial charge in [0.25, 0.3) is 0 Å². The van der Waals surface area contributed by atoms with E-state index >= 15 is 0 Å². The summed E-state index contributed by atoms with van der Waals surface area (Å²) in [5, 5.41) is 14.7. The first kappa shape index (κ1) is 30.0. The topological polar surface area (TPSA) is 106 Å². The number of methoxy groups -OCH3 is 1. The maximum Gasteiger partial charge on any atom is 0.225 e. The number of ether oxygens (including phenoxy) is 3. The van der Waals surface area contributed by atoms with Crippen LogP contribution in [0.2, 0.25) is 0 Å². The van der Waals surface area contributed by atoms with E-state index in [1.54, 1.807) is 30.3 Å². The number of nitrogens with one attached hydrogen (secondary N) is 1. The summed E-state index contributed by atoms with van der Waals surface area (Å²) in [4.78, 5) is 23.8. The lowest BCUT2D eigenvalue weighted by Crippen LogP contribution is -2.52. The summed E-state index contributed by atoms with van der Waals surface area (Å²) in [6.45, 7) is 2.43. The smallest absolute Gasteiger partial charge is 0.225 e. The first-order chi connectivity index (χ1) is 20.4. The second kappa shape index (κ2) is 14.1. The number of carbonyl (C=O) groups is 1. The minimum absolute atomic E-state index is 0.0287. The van der Waals surface area contributed by atoms with E-state index in [2.05, 4.69) is 15.3 Å². The summed E-state index contributed by atoms with van der Waals surface area (Å²) in [5.41, 5.74) is 2.35. The molecule has 2 N–H and O–H groups in total. The monoisotopic (exact) mass is 582 g/mol. The third-order valence-corrected chi connectivity index (χ3v) is 7.76. The number of morpholine rings is 1. The highest BCUT2D eigenvalue weighted by Gasteiger charge is 2.36. The predicted molar refractivity (Wildman–Crippen MR) is 153 cm³/mol. The number of carbonyl (C=O) groups excluding carboxylic acids is 1. The number of nitrogens with zero attached hydrogens (tertiary/aromatic N) is 3. The molecule has 0 unspecified atom stereocenters. The van der Waals surface area contributed by atoms with Crippen LogP contribution in [0.5, 0.6) is 5.88 Å². The quantitative estimate of drug-likeness (QED) is 0.375. The van der Waals surface area contributed by atoms with Crippen LogP contribution in [0.25, 0.3) is 17.1 Å². The van der Waals surface area contributed by atoms with Crippen molar-refractivity contribution >= 4 is 23.0 Å². The lowest BCUT2D eigenvalue weighted by Gasteiger charge is -2.39. The van der Waals surface area contributed by atoms with Gasteiger partial charge in [0.2, 0.25) is 11.8 Å². The van der Waals surface area contributed by atoms with Crippen molar-refractivity contribution in [1.29, 1.82) is 0 Å². The minimum atomic E-state index is -0.832. The lowest BCUT2D eigenvalue weighted by atomic mass is 9.91. The molecule has 4 atom stereocenters. The van der Waals surface area contributed by atoms with Gasteiger partial charge >= 0.3 is 0 Å². The van der Waals surface area contributed by atoms with Gasteiger partial charge in [0, 0.05) is 49.9 Å². The number of amides is 1. The molecule has 42 heavy (non-hydrogen) atoms. The number of pyridine rings is 2. The number of hydrogen-bond donors (Lipinski definition) is 2. The van der Waals surface area contributed by atoms with E-state index in [9.17, 15) is 18.7 Å². The fourth-order valence-electron chi connectivity index (χ4n) is 5.48. The van der Waals surface area contributed by atoms with Gasteiger partial charge in [0.15, 0.2) is 0 Å². The van der Waals surface area contributed by atoms with Crippen molar-refractivity contribution in [3.63, 3.8) is 0 Å². The Labute approximate surface area is 243 Å². The Bertz CT molecular complexity index is 1400. The summed E-state index contributed by atoms with van der Waals surface area (Å²) < 4.78 is 44.6. The van der Waals surface area contributed by atoms with Crippen LogP contribution in [0, 0.1) is 11.6 Å². The molecule has 0 aliphatic carbocycles. The Morgan fingerprint density at radius 1 is 1.21 bits per heavy atom. The largest absolute Gasteiger partial charge is 0.481 e. The van der Waals surface area contributed by atoms with Gasteiger partial charge in [-0.3, -0.25) is 9.78 Å². The van der Waals surface area contributed by atoms with Crippen molar-refractivity contribution < 1.29 is 32.9 Å². The SMILES string of the molecule is COc1ccc2nccc(C[C@H](O)[C@@H]3CC[C@@H](NCC=Cc4cc(F)ccc4F)[C@@H](CC(=O)N4CCOCC4)O3)c2n1. The van der Waals surface area contributed by atoms with Crippen molar-refractivity contribution in [3.8, 4) is 5.88 Å². The number of benzene rings is 1. The van der Waals surface area contributed by atoms with Gasteiger partial charge in [-0.05, 0) is 48.7 Å². The molecule has 0 saturated carbocycles. The molecule has 11 heteroatoms. The fraction of sp³-hybridized carbons (Fsp3) is 0.452. The van der Waals surface area contributed by atoms with E-state index in [0.717, 1.165) is 23.8 Å². The number of aliphatic hydroxyl groups excluding tert-OH is 1. The zero-order chi connectivity index (χ0) is 29.5. The number of aliphatic hydroxyl groups is 1. The number of rotatable bonds is 10. The third-order valence-electron chi connectivity index (χ3n) is 7.76. The van der Waals surface area contributed by atoms with Crippen molar-refractivity contribution in [2.24, 2.45) is 0 Å². The molecule has 4 heterocycles. The third kappa shape index (κ3) is 7.46. The minimum Gasteiger partial charge on any atom is -0.481 e. The Balaban J connectivity index is 1.26. The fourth-order valence-corrected chi connectivity index (χ4v) is 5.48. The predicted octanol–water partition coefficient (Wildman–Crippen LogP) is 3.29. The Morgan fingerprint density at radius 2 is 2.05 bits per heavy atom. The van der Waals surface area contributed by atoms with Gasteiger partial charge in [-0.1, -0.05) is 12.2 Å². The molecule has 2 aliphatic heterocycles. The van der Waals surface area contributed by atoms with E-state index in [-0.39, 0.29) is 23.9 Å². The van der Waals surface area contributed by atoms with E-state index in [1.165, 1.54) is 6.08 Å². The highest BCUT2D eigenvalue weighted by atomic mass is 19.1. The lowest BCUT2D eigenvalue weighted by molar-refractivity contribution is -0.149. The Hall–Kier alpha value is -3.51. The molecule has 224 valence electrons. The molecule has 1 aromatic carbocycles. The molecule has 2 saturated heterocycles. The first-order valence-electron chi connectivity index (χ1n) is 14.2. The maximum absolute atomic E-state index is 14.0. The number of halogens is 2. The Morgan fingerprint density at radius 3 is 2.86 bits per heavy atom. The van der Waals surface area contributed by atoms with Crippen LogP contribution in [0.4, 0.5) is 8.78 Å². The molecule has 1 amide bonds. The normalized spacial score (nSPS) is 22.0. The van der Waals surface area contributed by atoms with Crippen LogP contribution < -0.4 is 10.1 Å². The summed E-state index contributed by atoms with van der Waals surface area (Å²) in [5.74, 6) is -0.579. The highest BCUT2D eigenvalue weighted by Crippen LogP contribution is 2.28. The molecule has 9 nitrogen and oxygen atoms in total. The van der Waals surface area contributed by atoms with E-state index < -0.39 is 29.9 Å². The zero-order valence-corrected chi connectivity index (χ0v) is 23.5. The van der Waals surface area contributed by atoms with Crippen LogP contribution in [0.15, 0.2) is 48.7 Å². The molecule has 0 bridgehead atoms.